The molecular formula is C15H29NO3. The van der Waals surface area contributed by atoms with Crippen LogP contribution < -0.4 is 5.32 Å². The molecule has 1 spiro atoms. The molecule has 19 heavy (non-hydrogen) atoms. The zero-order valence-electron chi connectivity index (χ0n) is 12.4. The molecule has 2 aliphatic rings. The fourth-order valence-corrected chi connectivity index (χ4v) is 3.88. The first kappa shape index (κ1) is 15.2. The lowest BCUT2D eigenvalue weighted by molar-refractivity contribution is -0.151. The molecule has 112 valence electrons. The van der Waals surface area contributed by atoms with Crippen LogP contribution in [0.1, 0.15) is 45.4 Å². The van der Waals surface area contributed by atoms with Gasteiger partial charge < -0.3 is 19.9 Å². The van der Waals surface area contributed by atoms with Gasteiger partial charge in [-0.05, 0) is 26.2 Å². The normalized spacial score (nSPS) is 31.1. The summed E-state index contributed by atoms with van der Waals surface area (Å²) in [5.74, 6) is 0. The minimum Gasteiger partial charge on any atom is -0.389 e. The molecule has 3 atom stereocenters. The number of nitrogens with one attached hydrogen (secondary N) is 1. The SMILES string of the molecule is CCO[C@@H]1C[C@@H](NC[C@H](O)COC)C12CCCCC2. The number of aliphatic hydroxyl groups is 1. The van der Waals surface area contributed by atoms with Gasteiger partial charge in [0.1, 0.15) is 0 Å². The standard InChI is InChI=1S/C15H29NO3/c1-3-19-14-9-13(16-10-12(17)11-18-2)15(14)7-5-4-6-8-15/h12-14,16-17H,3-11H2,1-2H3/t12-,13+,14+/m0/s1. The third-order valence-electron chi connectivity index (χ3n) is 4.90. The number of hydrogen-bond acceptors (Lipinski definition) is 4. The molecular weight excluding hydrogens is 242 g/mol. The Labute approximate surface area is 116 Å². The van der Waals surface area contributed by atoms with Crippen LogP contribution in [0.4, 0.5) is 0 Å². The average Bonchev–Trinajstić information content (AvgIpc) is 2.43. The molecule has 2 aliphatic carbocycles. The van der Waals surface area contributed by atoms with Crippen molar-refractivity contribution in [2.45, 2.75) is 63.7 Å². The summed E-state index contributed by atoms with van der Waals surface area (Å²) in [5.41, 5.74) is 0.334. The van der Waals surface area contributed by atoms with Crippen LogP contribution in [-0.4, -0.2) is 50.2 Å². The fraction of sp³-hybridized carbons (Fsp3) is 1.00. The number of rotatable bonds is 7. The Morgan fingerprint density at radius 1 is 1.32 bits per heavy atom. The minimum atomic E-state index is -0.406. The highest BCUT2D eigenvalue weighted by Gasteiger charge is 2.55. The topological polar surface area (TPSA) is 50.7 Å². The van der Waals surface area contributed by atoms with E-state index in [2.05, 4.69) is 12.2 Å². The Kier molecular flexibility index (Phi) is 5.63. The Hall–Kier alpha value is -0.160. The zero-order chi connectivity index (χ0) is 13.7. The van der Waals surface area contributed by atoms with E-state index in [-0.39, 0.29) is 0 Å². The Morgan fingerprint density at radius 3 is 2.68 bits per heavy atom. The molecule has 0 saturated heterocycles. The second-order valence-corrected chi connectivity index (χ2v) is 6.04. The van der Waals surface area contributed by atoms with Crippen LogP contribution in [0.3, 0.4) is 0 Å². The number of ether oxygens (including phenoxy) is 2. The van der Waals surface area contributed by atoms with Gasteiger partial charge in [0.25, 0.3) is 0 Å². The van der Waals surface area contributed by atoms with E-state index in [1.54, 1.807) is 7.11 Å². The van der Waals surface area contributed by atoms with Crippen LogP contribution in [0.25, 0.3) is 0 Å². The summed E-state index contributed by atoms with van der Waals surface area (Å²) in [5, 5.41) is 13.3. The predicted molar refractivity (Wildman–Crippen MR) is 75.2 cm³/mol. The van der Waals surface area contributed by atoms with Crippen molar-refractivity contribution in [1.29, 1.82) is 0 Å². The molecule has 2 N–H and O–H groups in total. The molecule has 4 heteroatoms. The summed E-state index contributed by atoms with van der Waals surface area (Å²) in [6, 6.07) is 0.510. The van der Waals surface area contributed by atoms with Gasteiger partial charge >= 0.3 is 0 Å². The first-order valence-corrected chi connectivity index (χ1v) is 7.75. The van der Waals surface area contributed by atoms with Crippen LogP contribution in [0, 0.1) is 5.41 Å². The maximum Gasteiger partial charge on any atom is 0.0897 e. The lowest BCUT2D eigenvalue weighted by atomic mass is 9.55. The van der Waals surface area contributed by atoms with E-state index in [1.807, 2.05) is 0 Å². The Bertz CT molecular complexity index is 266. The summed E-state index contributed by atoms with van der Waals surface area (Å²) < 4.78 is 10.9. The highest BCUT2D eigenvalue weighted by Crippen LogP contribution is 2.53. The number of hydrogen-bond donors (Lipinski definition) is 2. The first-order chi connectivity index (χ1) is 9.23. The summed E-state index contributed by atoms with van der Waals surface area (Å²) in [7, 11) is 1.63. The smallest absolute Gasteiger partial charge is 0.0897 e. The van der Waals surface area contributed by atoms with Crippen molar-refractivity contribution in [3.8, 4) is 0 Å². The van der Waals surface area contributed by atoms with Crippen molar-refractivity contribution in [3.63, 3.8) is 0 Å². The second-order valence-electron chi connectivity index (χ2n) is 6.04. The van der Waals surface area contributed by atoms with Crippen molar-refractivity contribution in [2.75, 3.05) is 26.9 Å². The Morgan fingerprint density at radius 2 is 2.05 bits per heavy atom. The maximum absolute atomic E-state index is 9.75. The van der Waals surface area contributed by atoms with Crippen LogP contribution in [-0.2, 0) is 9.47 Å². The molecule has 2 saturated carbocycles. The third kappa shape index (κ3) is 3.30. The van der Waals surface area contributed by atoms with E-state index >= 15 is 0 Å². The van der Waals surface area contributed by atoms with Crippen LogP contribution in [0.2, 0.25) is 0 Å². The molecule has 2 rings (SSSR count). The van der Waals surface area contributed by atoms with Gasteiger partial charge in [0.15, 0.2) is 0 Å². The molecule has 0 aromatic carbocycles. The summed E-state index contributed by atoms with van der Waals surface area (Å²) in [6.45, 7) is 3.92. The average molecular weight is 271 g/mol. The molecule has 0 bridgehead atoms. The molecule has 4 nitrogen and oxygen atoms in total. The summed E-state index contributed by atoms with van der Waals surface area (Å²) >= 11 is 0. The van der Waals surface area contributed by atoms with Gasteiger partial charge in [0.05, 0.1) is 18.8 Å². The fourth-order valence-electron chi connectivity index (χ4n) is 3.88. The molecule has 0 amide bonds. The largest absolute Gasteiger partial charge is 0.389 e. The lowest BCUT2D eigenvalue weighted by Crippen LogP contribution is -2.65. The Balaban J connectivity index is 1.86. The molecule has 2 fully saturated rings. The van der Waals surface area contributed by atoms with E-state index < -0.39 is 6.10 Å². The summed E-state index contributed by atoms with van der Waals surface area (Å²) in [4.78, 5) is 0. The molecule has 0 aromatic heterocycles. The predicted octanol–water partition coefficient (Wildman–Crippen LogP) is 1.71. The van der Waals surface area contributed by atoms with E-state index in [9.17, 15) is 5.11 Å². The summed E-state index contributed by atoms with van der Waals surface area (Å²) in [6.07, 6.45) is 7.66. The zero-order valence-corrected chi connectivity index (χ0v) is 12.4. The van der Waals surface area contributed by atoms with Crippen molar-refractivity contribution < 1.29 is 14.6 Å². The van der Waals surface area contributed by atoms with Crippen molar-refractivity contribution in [2.24, 2.45) is 5.41 Å². The van der Waals surface area contributed by atoms with E-state index in [4.69, 9.17) is 9.47 Å². The third-order valence-corrected chi connectivity index (χ3v) is 4.90. The highest BCUT2D eigenvalue weighted by molar-refractivity contribution is 5.09. The van der Waals surface area contributed by atoms with Gasteiger partial charge in [-0.15, -0.1) is 0 Å². The molecule has 0 unspecified atom stereocenters. The van der Waals surface area contributed by atoms with Gasteiger partial charge in [-0.1, -0.05) is 19.3 Å². The monoisotopic (exact) mass is 271 g/mol. The van der Waals surface area contributed by atoms with E-state index in [1.165, 1.54) is 32.1 Å². The molecule has 0 heterocycles. The minimum absolute atomic E-state index is 0.334. The van der Waals surface area contributed by atoms with Gasteiger partial charge in [-0.2, -0.15) is 0 Å². The second kappa shape index (κ2) is 7.02. The van der Waals surface area contributed by atoms with Crippen molar-refractivity contribution >= 4 is 0 Å². The lowest BCUT2D eigenvalue weighted by Gasteiger charge is -2.58. The van der Waals surface area contributed by atoms with Gasteiger partial charge in [-0.25, -0.2) is 0 Å². The van der Waals surface area contributed by atoms with Crippen LogP contribution in [0.15, 0.2) is 0 Å². The van der Waals surface area contributed by atoms with Gasteiger partial charge in [0, 0.05) is 31.7 Å². The first-order valence-electron chi connectivity index (χ1n) is 7.75. The highest BCUT2D eigenvalue weighted by atomic mass is 16.5. The quantitative estimate of drug-likeness (QED) is 0.740. The van der Waals surface area contributed by atoms with Crippen LogP contribution >= 0.6 is 0 Å². The maximum atomic E-state index is 9.75. The van der Waals surface area contributed by atoms with E-state index in [0.717, 1.165) is 13.0 Å². The number of methoxy groups -OCH3 is 1. The molecule has 0 radical (unpaired) electrons. The van der Waals surface area contributed by atoms with Crippen molar-refractivity contribution in [3.05, 3.63) is 0 Å². The van der Waals surface area contributed by atoms with Gasteiger partial charge in [0.2, 0.25) is 0 Å². The molecule has 0 aromatic rings. The van der Waals surface area contributed by atoms with Gasteiger partial charge in [-0.3, -0.25) is 0 Å². The van der Waals surface area contributed by atoms with E-state index in [0.29, 0.717) is 30.7 Å². The van der Waals surface area contributed by atoms with Crippen molar-refractivity contribution in [1.82, 2.24) is 5.32 Å². The molecule has 0 aliphatic heterocycles. The number of aliphatic hydroxyl groups excluding tert-OH is 1. The van der Waals surface area contributed by atoms with Crippen LogP contribution in [0.5, 0.6) is 0 Å².